The summed E-state index contributed by atoms with van der Waals surface area (Å²) in [5.41, 5.74) is 4.24. The fraction of sp³-hybridized carbons (Fsp3) is 0.520. The molecule has 2 fully saturated rings. The van der Waals surface area contributed by atoms with E-state index in [1.807, 2.05) is 13.0 Å². The van der Waals surface area contributed by atoms with Crippen LogP contribution in [0.4, 0.5) is 20.3 Å². The summed E-state index contributed by atoms with van der Waals surface area (Å²) in [6, 6.07) is 9.80. The van der Waals surface area contributed by atoms with Gasteiger partial charge in [-0.15, -0.1) is 0 Å². The molecule has 1 aromatic carbocycles. The van der Waals surface area contributed by atoms with Gasteiger partial charge >= 0.3 is 0 Å². The van der Waals surface area contributed by atoms with Crippen molar-refractivity contribution in [3.05, 3.63) is 41.5 Å². The van der Waals surface area contributed by atoms with Crippen molar-refractivity contribution in [2.75, 3.05) is 42.3 Å². The number of alkyl halides is 2. The molecule has 1 saturated carbocycles. The predicted octanol–water partition coefficient (Wildman–Crippen LogP) is 4.51. The molecule has 0 radical (unpaired) electrons. The fourth-order valence-corrected chi connectivity index (χ4v) is 6.59. The number of carbonyl (C=O) groups excluding carboxylic acids is 1. The minimum Gasteiger partial charge on any atom is -0.359 e. The molecule has 2 aromatic rings. The van der Waals surface area contributed by atoms with E-state index in [0.717, 1.165) is 49.2 Å². The van der Waals surface area contributed by atoms with E-state index in [-0.39, 0.29) is 24.8 Å². The maximum atomic E-state index is 13.6. The summed E-state index contributed by atoms with van der Waals surface area (Å²) in [6.07, 6.45) is 1.44. The van der Waals surface area contributed by atoms with Gasteiger partial charge in [0, 0.05) is 51.0 Å². The Hall–Kier alpha value is -2.47. The van der Waals surface area contributed by atoms with Gasteiger partial charge in [-0.25, -0.2) is 22.4 Å². The van der Waals surface area contributed by atoms with Crippen LogP contribution in [-0.2, 0) is 11.3 Å². The first-order valence-corrected chi connectivity index (χ1v) is 13.7. The van der Waals surface area contributed by atoms with Gasteiger partial charge < -0.3 is 5.32 Å². The number of aryl methyl sites for hydroxylation is 1. The van der Waals surface area contributed by atoms with Gasteiger partial charge in [-0.3, -0.25) is 18.8 Å². The van der Waals surface area contributed by atoms with Crippen LogP contribution in [0.2, 0.25) is 0 Å². The summed E-state index contributed by atoms with van der Waals surface area (Å²) in [5, 5.41) is 2.74. The number of pyridine rings is 1. The second-order valence-electron chi connectivity index (χ2n) is 10.1. The number of benzene rings is 1. The lowest BCUT2D eigenvalue weighted by Gasteiger charge is -2.41. The third kappa shape index (κ3) is 4.53. The largest absolute Gasteiger partial charge is 0.359 e. The lowest BCUT2D eigenvalue weighted by atomic mass is 9.95. The number of carbonyl (C=O) groups is 1. The van der Waals surface area contributed by atoms with Crippen molar-refractivity contribution in [1.82, 2.24) is 15.2 Å². The molecule has 36 heavy (non-hydrogen) atoms. The average molecular weight is 522 g/mol. The molecular formula is C25H33F2N5O3S. The van der Waals surface area contributed by atoms with E-state index < -0.39 is 22.8 Å². The lowest BCUT2D eigenvalue weighted by Crippen LogP contribution is -2.39. The third-order valence-electron chi connectivity index (χ3n) is 7.62. The normalized spacial score (nSPS) is 23.9. The Labute approximate surface area is 211 Å². The van der Waals surface area contributed by atoms with E-state index in [9.17, 15) is 22.7 Å². The number of hydrogen-bond acceptors (Lipinski definition) is 7. The van der Waals surface area contributed by atoms with Crippen molar-refractivity contribution in [2.24, 2.45) is 11.8 Å². The van der Waals surface area contributed by atoms with Crippen LogP contribution in [0.1, 0.15) is 30.4 Å². The Morgan fingerprint density at radius 3 is 2.56 bits per heavy atom. The van der Waals surface area contributed by atoms with E-state index >= 15 is 0 Å². The molecule has 11 heteroatoms. The van der Waals surface area contributed by atoms with Gasteiger partial charge in [0.25, 0.3) is 5.92 Å². The predicted molar refractivity (Wildman–Crippen MR) is 138 cm³/mol. The molecule has 3 heterocycles. The zero-order valence-electron chi connectivity index (χ0n) is 20.7. The van der Waals surface area contributed by atoms with Crippen LogP contribution in [0.15, 0.2) is 30.3 Å². The molecule has 1 saturated heterocycles. The highest BCUT2D eigenvalue weighted by atomic mass is 32.3. The van der Waals surface area contributed by atoms with Gasteiger partial charge in [-0.05, 0) is 73.1 Å². The van der Waals surface area contributed by atoms with Crippen LogP contribution in [0.3, 0.4) is 0 Å². The Bertz CT molecular complexity index is 1170. The van der Waals surface area contributed by atoms with Gasteiger partial charge in [-0.2, -0.15) is 0 Å². The molecule has 196 valence electrons. The molecule has 1 unspecified atom stereocenters. The van der Waals surface area contributed by atoms with Crippen molar-refractivity contribution < 1.29 is 22.7 Å². The standard InChI is InChI=1S/C25H33F2N5O3S/c1-16-4-5-17(14-31-10-8-18(9-11-31)24(33)28-2)12-20(16)21-6-7-22-23(29-21)30(3)36(34,35)32(22)15-19-13-25(19,26)27/h4-7,12,18-19,34-35H,8-11,13-15H2,1-3H3,(H,28,33). The smallest absolute Gasteiger partial charge is 0.253 e. The third-order valence-corrected chi connectivity index (χ3v) is 9.46. The molecule has 2 aliphatic heterocycles. The van der Waals surface area contributed by atoms with Gasteiger partial charge in [0.05, 0.1) is 5.69 Å². The number of likely N-dealkylation sites (tertiary alicyclic amines) is 1. The first-order valence-electron chi connectivity index (χ1n) is 12.2. The van der Waals surface area contributed by atoms with Crippen LogP contribution in [0, 0.1) is 18.8 Å². The van der Waals surface area contributed by atoms with Crippen LogP contribution < -0.4 is 13.9 Å². The first-order chi connectivity index (χ1) is 17.0. The van der Waals surface area contributed by atoms with E-state index in [2.05, 4.69) is 28.4 Å². The second kappa shape index (κ2) is 9.13. The Balaban J connectivity index is 1.35. The summed E-state index contributed by atoms with van der Waals surface area (Å²) >= 11 is 0. The molecule has 3 aliphatic rings. The number of nitrogens with one attached hydrogen (secondary N) is 1. The molecule has 5 rings (SSSR count). The summed E-state index contributed by atoms with van der Waals surface area (Å²) in [7, 11) is -0.235. The van der Waals surface area contributed by atoms with Gasteiger partial charge in [0.15, 0.2) is 5.82 Å². The van der Waals surface area contributed by atoms with E-state index in [1.165, 1.54) is 15.7 Å². The Morgan fingerprint density at radius 2 is 1.92 bits per heavy atom. The monoisotopic (exact) mass is 521 g/mol. The van der Waals surface area contributed by atoms with Crippen LogP contribution in [-0.4, -0.2) is 64.5 Å². The molecule has 1 aromatic heterocycles. The number of nitrogens with zero attached hydrogens (tertiary/aromatic N) is 4. The minimum absolute atomic E-state index is 0.0745. The van der Waals surface area contributed by atoms with Crippen LogP contribution in [0.25, 0.3) is 11.3 Å². The van der Waals surface area contributed by atoms with Crippen molar-refractivity contribution in [2.45, 2.75) is 38.7 Å². The highest BCUT2D eigenvalue weighted by Crippen LogP contribution is 2.62. The fourth-order valence-electron chi connectivity index (χ4n) is 5.14. The lowest BCUT2D eigenvalue weighted by molar-refractivity contribution is -0.125. The van der Waals surface area contributed by atoms with Crippen molar-refractivity contribution in [3.63, 3.8) is 0 Å². The highest BCUT2D eigenvalue weighted by molar-refractivity contribution is 8.26. The highest BCUT2D eigenvalue weighted by Gasteiger charge is 2.59. The van der Waals surface area contributed by atoms with E-state index in [1.54, 1.807) is 13.1 Å². The average Bonchev–Trinajstić information content (AvgIpc) is 3.42. The number of rotatable bonds is 6. The van der Waals surface area contributed by atoms with Gasteiger partial charge in [0.2, 0.25) is 5.91 Å². The number of amides is 1. The molecule has 0 bridgehead atoms. The SMILES string of the molecule is CNC(=O)C1CCN(Cc2ccc(C)c(-c3ccc4c(n3)N(C)S(O)(O)N4CC3CC3(F)F)c2)CC1. The molecular weight excluding hydrogens is 488 g/mol. The summed E-state index contributed by atoms with van der Waals surface area (Å²) in [5.74, 6) is -3.08. The van der Waals surface area contributed by atoms with Crippen molar-refractivity contribution in [3.8, 4) is 11.3 Å². The number of piperidine rings is 1. The van der Waals surface area contributed by atoms with Crippen LogP contribution >= 0.6 is 11.0 Å². The zero-order valence-corrected chi connectivity index (χ0v) is 21.6. The number of anilines is 2. The van der Waals surface area contributed by atoms with Crippen molar-refractivity contribution in [1.29, 1.82) is 0 Å². The molecule has 8 nitrogen and oxygen atoms in total. The summed E-state index contributed by atoms with van der Waals surface area (Å²) < 4.78 is 51.2. The quantitative estimate of drug-likeness (QED) is 0.515. The zero-order chi connectivity index (χ0) is 25.8. The van der Waals surface area contributed by atoms with Gasteiger partial charge in [0.1, 0.15) is 5.69 Å². The molecule has 1 amide bonds. The molecule has 3 N–H and O–H groups in total. The number of halogens is 2. The van der Waals surface area contributed by atoms with E-state index in [0.29, 0.717) is 17.2 Å². The van der Waals surface area contributed by atoms with Crippen LogP contribution in [0.5, 0.6) is 0 Å². The van der Waals surface area contributed by atoms with Gasteiger partial charge in [-0.1, -0.05) is 12.1 Å². The minimum atomic E-state index is -3.44. The number of hydrogen-bond donors (Lipinski definition) is 3. The maximum Gasteiger partial charge on any atom is 0.253 e. The molecule has 1 atom stereocenters. The summed E-state index contributed by atoms with van der Waals surface area (Å²) in [6.45, 7) is 4.36. The Morgan fingerprint density at radius 1 is 1.22 bits per heavy atom. The van der Waals surface area contributed by atoms with Crippen molar-refractivity contribution >= 4 is 28.4 Å². The molecule has 0 spiro atoms. The first kappa shape index (κ1) is 25.2. The summed E-state index contributed by atoms with van der Waals surface area (Å²) in [4.78, 5) is 19.0. The number of aromatic nitrogens is 1. The maximum absolute atomic E-state index is 13.6. The van der Waals surface area contributed by atoms with E-state index in [4.69, 9.17) is 4.98 Å². The topological polar surface area (TPSA) is 92.2 Å². The second-order valence-corrected chi connectivity index (χ2v) is 12.0. The Kier molecular flexibility index (Phi) is 6.39. The molecule has 1 aliphatic carbocycles. The number of fused-ring (bicyclic) bond motifs is 1.